The van der Waals surface area contributed by atoms with Crippen LogP contribution in [-0.2, 0) is 27.7 Å². The maximum atomic E-state index is 12.8. The predicted molar refractivity (Wildman–Crippen MR) is 148 cm³/mol. The van der Waals surface area contributed by atoms with Crippen LogP contribution in [0.25, 0.3) is 22.0 Å². The fourth-order valence-corrected chi connectivity index (χ4v) is 5.91. The van der Waals surface area contributed by atoms with Gasteiger partial charge in [-0.05, 0) is 52.4 Å². The van der Waals surface area contributed by atoms with Crippen LogP contribution in [0.1, 0.15) is 16.7 Å². The third kappa shape index (κ3) is 4.85. The summed E-state index contributed by atoms with van der Waals surface area (Å²) < 4.78 is 31.0. The first kappa shape index (κ1) is 24.5. The van der Waals surface area contributed by atoms with Crippen LogP contribution >= 0.6 is 0 Å². The second-order valence-electron chi connectivity index (χ2n) is 9.62. The molecule has 0 bridgehead atoms. The Bertz CT molecular complexity index is 1740. The number of aliphatic imine (C=N–C) groups is 1. The molecule has 1 saturated heterocycles. The number of morpholine rings is 1. The van der Waals surface area contributed by atoms with Crippen molar-refractivity contribution in [2.45, 2.75) is 18.0 Å². The number of nitrogens with one attached hydrogen (secondary N) is 2. The number of nitrogens with zero attached hydrogens (tertiary/aromatic N) is 3. The van der Waals surface area contributed by atoms with Crippen molar-refractivity contribution < 1.29 is 13.2 Å². The molecule has 2 aromatic heterocycles. The van der Waals surface area contributed by atoms with Gasteiger partial charge in [-0.25, -0.2) is 13.4 Å². The Balaban J connectivity index is 1.43. The van der Waals surface area contributed by atoms with Gasteiger partial charge in [0.1, 0.15) is 5.82 Å². The van der Waals surface area contributed by atoms with E-state index >= 15 is 0 Å². The highest BCUT2D eigenvalue weighted by Gasteiger charge is 2.20. The first-order chi connectivity index (χ1) is 18.3. The molecule has 2 aliphatic rings. The zero-order valence-corrected chi connectivity index (χ0v) is 21.7. The molecule has 0 atom stereocenters. The van der Waals surface area contributed by atoms with E-state index in [4.69, 9.17) is 9.72 Å². The molecule has 4 aromatic rings. The van der Waals surface area contributed by atoms with E-state index in [1.807, 2.05) is 48.7 Å². The Morgan fingerprint density at radius 1 is 1.08 bits per heavy atom. The van der Waals surface area contributed by atoms with Crippen LogP contribution in [0, 0.1) is 0 Å². The molecule has 194 valence electrons. The number of rotatable bonds is 6. The van der Waals surface area contributed by atoms with E-state index in [1.54, 1.807) is 12.3 Å². The average Bonchev–Trinajstić information content (AvgIpc) is 3.37. The molecule has 2 aliphatic heterocycles. The molecule has 2 N–H and O–H groups in total. The molecule has 38 heavy (non-hydrogen) atoms. The summed E-state index contributed by atoms with van der Waals surface area (Å²) in [6, 6.07) is 15.0. The zero-order valence-electron chi connectivity index (χ0n) is 20.9. The molecule has 10 heteroatoms. The third-order valence-electron chi connectivity index (χ3n) is 6.92. The van der Waals surface area contributed by atoms with E-state index in [9.17, 15) is 13.2 Å². The molecule has 1 fully saturated rings. The zero-order chi connectivity index (χ0) is 26.3. The summed E-state index contributed by atoms with van der Waals surface area (Å²) in [5, 5.41) is 4.43. The predicted octanol–water partition coefficient (Wildman–Crippen LogP) is 3.50. The number of hydrogen-bond donors (Lipinski definition) is 2. The monoisotopic (exact) mass is 529 g/mol. The molecule has 9 nitrogen and oxygen atoms in total. The van der Waals surface area contributed by atoms with Crippen LogP contribution in [0.3, 0.4) is 0 Å². The van der Waals surface area contributed by atoms with E-state index in [0.29, 0.717) is 54.2 Å². The van der Waals surface area contributed by atoms with E-state index < -0.39 is 9.84 Å². The van der Waals surface area contributed by atoms with Crippen molar-refractivity contribution >= 4 is 38.3 Å². The van der Waals surface area contributed by atoms with Crippen LogP contribution in [-0.4, -0.2) is 62.1 Å². The first-order valence-corrected chi connectivity index (χ1v) is 14.3. The molecule has 0 radical (unpaired) electrons. The van der Waals surface area contributed by atoms with Gasteiger partial charge in [-0.15, -0.1) is 0 Å². The number of benzene rings is 2. The number of aromatic nitrogens is 2. The molecule has 2 aromatic carbocycles. The van der Waals surface area contributed by atoms with E-state index in [1.165, 1.54) is 6.26 Å². The fourth-order valence-electron chi connectivity index (χ4n) is 4.96. The van der Waals surface area contributed by atoms with Gasteiger partial charge in [0.2, 0.25) is 0 Å². The Labute approximate surface area is 220 Å². The minimum atomic E-state index is -3.50. The summed E-state index contributed by atoms with van der Waals surface area (Å²) in [5.41, 5.74) is 4.66. The smallest absolute Gasteiger partial charge is 0.259 e. The molecular weight excluding hydrogens is 502 g/mol. The summed E-state index contributed by atoms with van der Waals surface area (Å²) in [6.07, 6.45) is 4.66. The summed E-state index contributed by atoms with van der Waals surface area (Å²) in [6.45, 7) is 3.99. The quantitative estimate of drug-likeness (QED) is 0.393. The van der Waals surface area contributed by atoms with Crippen molar-refractivity contribution in [2.24, 2.45) is 4.99 Å². The largest absolute Gasteiger partial charge is 0.379 e. The van der Waals surface area contributed by atoms with E-state index in [-0.39, 0.29) is 10.5 Å². The van der Waals surface area contributed by atoms with Crippen LogP contribution in [0.2, 0.25) is 0 Å². The standard InChI is InChI=1S/C28H27N5O4S/c1-38(35,36)25-14-18(2-3-21(25)17-33-8-10-37-11-9-33)24-13-19-6-7-30-28(34)26(19)27(32-24)31-23-5-4-20-15-29-16-22(20)12-23/h2-7,12-14,16H,8-11,15,17H2,1H3,(H,30,34)(H,31,32). The number of H-pyrrole nitrogens is 1. The second kappa shape index (κ2) is 9.79. The Kier molecular flexibility index (Phi) is 6.30. The number of fused-ring (bicyclic) bond motifs is 2. The average molecular weight is 530 g/mol. The Hall–Kier alpha value is -3.86. The number of hydrogen-bond acceptors (Lipinski definition) is 8. The molecule has 0 spiro atoms. The minimum Gasteiger partial charge on any atom is -0.379 e. The Morgan fingerprint density at radius 3 is 2.74 bits per heavy atom. The highest BCUT2D eigenvalue weighted by atomic mass is 32.2. The summed E-state index contributed by atoms with van der Waals surface area (Å²) in [5.74, 6) is 0.396. The molecule has 0 unspecified atom stereocenters. The third-order valence-corrected chi connectivity index (χ3v) is 8.09. The highest BCUT2D eigenvalue weighted by molar-refractivity contribution is 7.90. The molecule has 4 heterocycles. The number of sulfone groups is 1. The Morgan fingerprint density at radius 2 is 1.92 bits per heavy atom. The van der Waals surface area contributed by atoms with E-state index in [0.717, 1.165) is 35.5 Å². The van der Waals surface area contributed by atoms with Crippen LogP contribution in [0.4, 0.5) is 11.5 Å². The van der Waals surface area contributed by atoms with Crippen LogP contribution in [0.5, 0.6) is 0 Å². The highest BCUT2D eigenvalue weighted by Crippen LogP contribution is 2.31. The van der Waals surface area contributed by atoms with Gasteiger partial charge in [0, 0.05) is 49.6 Å². The van der Waals surface area contributed by atoms with Gasteiger partial charge in [0.15, 0.2) is 9.84 Å². The maximum absolute atomic E-state index is 12.8. The van der Waals surface area contributed by atoms with Crippen molar-refractivity contribution in [3.63, 3.8) is 0 Å². The minimum absolute atomic E-state index is 0.260. The molecule has 0 aliphatic carbocycles. The van der Waals surface area contributed by atoms with Gasteiger partial charge in [-0.2, -0.15) is 0 Å². The van der Waals surface area contributed by atoms with Crippen LogP contribution < -0.4 is 10.9 Å². The van der Waals surface area contributed by atoms with Gasteiger partial charge in [0.05, 0.1) is 35.7 Å². The van der Waals surface area contributed by atoms with Gasteiger partial charge < -0.3 is 15.0 Å². The molecule has 0 amide bonds. The SMILES string of the molecule is CS(=O)(=O)c1cc(-c2cc3cc[nH]c(=O)c3c(Nc3ccc4c(c3)C=NC4)n2)ccc1CN1CCOCC1. The van der Waals surface area contributed by atoms with Gasteiger partial charge >= 0.3 is 0 Å². The second-order valence-corrected chi connectivity index (χ2v) is 11.6. The van der Waals surface area contributed by atoms with Crippen LogP contribution in [0.15, 0.2) is 69.4 Å². The maximum Gasteiger partial charge on any atom is 0.259 e. The summed E-state index contributed by atoms with van der Waals surface area (Å²) in [7, 11) is -3.50. The lowest BCUT2D eigenvalue weighted by atomic mass is 10.0. The van der Waals surface area contributed by atoms with Crippen molar-refractivity contribution in [1.29, 1.82) is 0 Å². The van der Waals surface area contributed by atoms with Crippen molar-refractivity contribution in [3.05, 3.63) is 81.8 Å². The molecule has 6 rings (SSSR count). The molecular formula is C28H27N5O4S. The lowest BCUT2D eigenvalue weighted by Crippen LogP contribution is -2.36. The van der Waals surface area contributed by atoms with E-state index in [2.05, 4.69) is 20.2 Å². The number of anilines is 2. The number of pyridine rings is 2. The fraction of sp³-hybridized carbons (Fsp3) is 0.250. The number of aromatic amines is 1. The molecule has 0 saturated carbocycles. The lowest BCUT2D eigenvalue weighted by molar-refractivity contribution is 0.0338. The van der Waals surface area contributed by atoms with Gasteiger partial charge in [-0.1, -0.05) is 18.2 Å². The van der Waals surface area contributed by atoms with Gasteiger partial charge in [-0.3, -0.25) is 14.7 Å². The summed E-state index contributed by atoms with van der Waals surface area (Å²) >= 11 is 0. The van der Waals surface area contributed by atoms with Gasteiger partial charge in [0.25, 0.3) is 5.56 Å². The normalized spacial score (nSPS) is 15.6. The van der Waals surface area contributed by atoms with Crippen molar-refractivity contribution in [3.8, 4) is 11.3 Å². The first-order valence-electron chi connectivity index (χ1n) is 12.4. The van der Waals surface area contributed by atoms with Crippen molar-refractivity contribution in [1.82, 2.24) is 14.9 Å². The number of ether oxygens (including phenoxy) is 1. The lowest BCUT2D eigenvalue weighted by Gasteiger charge is -2.27. The van der Waals surface area contributed by atoms with Crippen molar-refractivity contribution in [2.75, 3.05) is 37.9 Å². The summed E-state index contributed by atoms with van der Waals surface area (Å²) in [4.78, 5) is 27.1. The topological polar surface area (TPSA) is 117 Å².